The summed E-state index contributed by atoms with van der Waals surface area (Å²) in [6.07, 6.45) is 0. The number of benzene rings is 1. The lowest BCUT2D eigenvalue weighted by Crippen LogP contribution is -2.44. The minimum Gasteiger partial charge on any atom is -0.491 e. The summed E-state index contributed by atoms with van der Waals surface area (Å²) in [5.74, 6) is 1.70. The van der Waals surface area contributed by atoms with E-state index in [1.807, 2.05) is 0 Å². The fraction of sp³-hybridized carbons (Fsp3) is 0.650. The highest BCUT2D eigenvalue weighted by molar-refractivity contribution is 14.0. The van der Waals surface area contributed by atoms with Crippen LogP contribution in [0, 0.1) is 6.92 Å². The fourth-order valence-electron chi connectivity index (χ4n) is 2.82. The van der Waals surface area contributed by atoms with Gasteiger partial charge in [0.25, 0.3) is 0 Å². The van der Waals surface area contributed by atoms with Crippen LogP contribution in [0.15, 0.2) is 23.2 Å². The molecule has 1 fully saturated rings. The highest BCUT2D eigenvalue weighted by Gasteiger charge is 2.10. The molecule has 0 saturated carbocycles. The van der Waals surface area contributed by atoms with Crippen molar-refractivity contribution < 1.29 is 14.2 Å². The number of halogens is 1. The van der Waals surface area contributed by atoms with E-state index < -0.39 is 0 Å². The first kappa shape index (κ1) is 24.9. The van der Waals surface area contributed by atoms with Crippen LogP contribution < -0.4 is 15.4 Å². The van der Waals surface area contributed by atoms with E-state index in [-0.39, 0.29) is 24.0 Å². The molecule has 0 atom stereocenters. The molecule has 7 nitrogen and oxygen atoms in total. The Labute approximate surface area is 186 Å². The molecule has 0 radical (unpaired) electrons. The Kier molecular flexibility index (Phi) is 13.2. The number of ether oxygens (including phenoxy) is 3. The molecule has 1 aromatic rings. The van der Waals surface area contributed by atoms with E-state index in [1.165, 1.54) is 5.56 Å². The summed E-state index contributed by atoms with van der Waals surface area (Å²) in [5.41, 5.74) is 2.24. The molecule has 1 aliphatic heterocycles. The number of guanidine groups is 1. The van der Waals surface area contributed by atoms with E-state index in [4.69, 9.17) is 19.2 Å². The third-order valence-electron chi connectivity index (χ3n) is 4.34. The maximum absolute atomic E-state index is 5.86. The van der Waals surface area contributed by atoms with Gasteiger partial charge in [0.1, 0.15) is 12.4 Å². The topological polar surface area (TPSA) is 67.4 Å². The molecule has 0 bridgehead atoms. The largest absolute Gasteiger partial charge is 0.491 e. The number of aryl methyl sites for hydroxylation is 1. The Morgan fingerprint density at radius 1 is 1.21 bits per heavy atom. The smallest absolute Gasteiger partial charge is 0.191 e. The summed E-state index contributed by atoms with van der Waals surface area (Å²) in [4.78, 5) is 7.13. The van der Waals surface area contributed by atoms with Crippen LogP contribution in [0.4, 0.5) is 0 Å². The standard InChI is InChI=1S/C20H34N4O3.HI/c1-4-21-20(22-7-8-24-9-11-26-12-10-24)23-16-18-6-5-17(2)15-19(18)27-14-13-25-3;/h5-6,15H,4,7-14,16H2,1-3H3,(H2,21,22,23);1H. The normalized spacial score (nSPS) is 15.0. The molecule has 0 aliphatic carbocycles. The van der Waals surface area contributed by atoms with Crippen molar-refractivity contribution in [2.75, 3.05) is 66.3 Å². The van der Waals surface area contributed by atoms with Crippen LogP contribution in [0.2, 0.25) is 0 Å². The maximum atomic E-state index is 5.86. The molecule has 2 N–H and O–H groups in total. The summed E-state index contributed by atoms with van der Waals surface area (Å²) in [5, 5.41) is 6.73. The van der Waals surface area contributed by atoms with Crippen LogP contribution in [-0.4, -0.2) is 77.1 Å². The zero-order valence-corrected chi connectivity index (χ0v) is 19.7. The van der Waals surface area contributed by atoms with Crippen molar-refractivity contribution in [3.63, 3.8) is 0 Å². The molecule has 28 heavy (non-hydrogen) atoms. The second-order valence-corrected chi connectivity index (χ2v) is 6.53. The van der Waals surface area contributed by atoms with Crippen molar-refractivity contribution in [1.82, 2.24) is 15.5 Å². The van der Waals surface area contributed by atoms with Gasteiger partial charge in [-0.1, -0.05) is 12.1 Å². The predicted molar refractivity (Wildman–Crippen MR) is 124 cm³/mol. The number of hydrogen-bond acceptors (Lipinski definition) is 5. The van der Waals surface area contributed by atoms with Gasteiger partial charge in [0.2, 0.25) is 0 Å². The van der Waals surface area contributed by atoms with Crippen LogP contribution in [0.25, 0.3) is 0 Å². The van der Waals surface area contributed by atoms with Crippen molar-refractivity contribution in [3.8, 4) is 5.75 Å². The summed E-state index contributed by atoms with van der Waals surface area (Å²) in [6.45, 7) is 12.1. The van der Waals surface area contributed by atoms with Crippen molar-refractivity contribution in [2.24, 2.45) is 4.99 Å². The minimum atomic E-state index is 0. The molecule has 0 aromatic heterocycles. The summed E-state index contributed by atoms with van der Waals surface area (Å²) >= 11 is 0. The molecule has 2 rings (SSSR count). The molecule has 1 aromatic carbocycles. The zero-order valence-electron chi connectivity index (χ0n) is 17.3. The average molecular weight is 506 g/mol. The van der Waals surface area contributed by atoms with Gasteiger partial charge in [0.05, 0.1) is 26.4 Å². The quantitative estimate of drug-likeness (QED) is 0.219. The maximum Gasteiger partial charge on any atom is 0.191 e. The number of aliphatic imine (C=N–C) groups is 1. The van der Waals surface area contributed by atoms with Crippen LogP contribution in [0.1, 0.15) is 18.1 Å². The number of nitrogens with zero attached hydrogens (tertiary/aromatic N) is 2. The van der Waals surface area contributed by atoms with Gasteiger partial charge >= 0.3 is 0 Å². The van der Waals surface area contributed by atoms with Gasteiger partial charge in [-0.25, -0.2) is 4.99 Å². The van der Waals surface area contributed by atoms with Crippen molar-refractivity contribution in [2.45, 2.75) is 20.4 Å². The Hall–Kier alpha value is -1.10. The Morgan fingerprint density at radius 3 is 2.71 bits per heavy atom. The second kappa shape index (κ2) is 14.8. The first-order chi connectivity index (χ1) is 13.2. The molecule has 0 unspecified atom stereocenters. The number of nitrogens with one attached hydrogen (secondary N) is 2. The Bertz CT molecular complexity index is 581. The molecular weight excluding hydrogens is 471 g/mol. The molecule has 1 saturated heterocycles. The van der Waals surface area contributed by atoms with Crippen LogP contribution in [0.5, 0.6) is 5.75 Å². The van der Waals surface area contributed by atoms with Gasteiger partial charge in [-0.2, -0.15) is 0 Å². The summed E-state index contributed by atoms with van der Waals surface area (Å²) in [7, 11) is 1.68. The third kappa shape index (κ3) is 9.40. The van der Waals surface area contributed by atoms with E-state index >= 15 is 0 Å². The summed E-state index contributed by atoms with van der Waals surface area (Å²) < 4.78 is 16.3. The van der Waals surface area contributed by atoms with E-state index in [0.29, 0.717) is 19.8 Å². The van der Waals surface area contributed by atoms with Crippen molar-refractivity contribution in [1.29, 1.82) is 0 Å². The molecule has 160 valence electrons. The summed E-state index contributed by atoms with van der Waals surface area (Å²) in [6, 6.07) is 6.23. The van der Waals surface area contributed by atoms with Crippen LogP contribution >= 0.6 is 24.0 Å². The Morgan fingerprint density at radius 2 is 2.00 bits per heavy atom. The Balaban J connectivity index is 0.00000392. The third-order valence-corrected chi connectivity index (χ3v) is 4.34. The lowest BCUT2D eigenvalue weighted by atomic mass is 10.1. The van der Waals surface area contributed by atoms with Gasteiger partial charge in [0.15, 0.2) is 5.96 Å². The van der Waals surface area contributed by atoms with Crippen molar-refractivity contribution >= 4 is 29.9 Å². The fourth-order valence-corrected chi connectivity index (χ4v) is 2.82. The number of hydrogen-bond donors (Lipinski definition) is 2. The van der Waals surface area contributed by atoms with E-state index in [1.54, 1.807) is 7.11 Å². The minimum absolute atomic E-state index is 0. The SMILES string of the molecule is CCNC(=NCc1ccc(C)cc1OCCOC)NCCN1CCOCC1.I. The molecule has 8 heteroatoms. The van der Waals surface area contributed by atoms with Crippen LogP contribution in [-0.2, 0) is 16.0 Å². The molecule has 1 heterocycles. The lowest BCUT2D eigenvalue weighted by Gasteiger charge is -2.26. The van der Waals surface area contributed by atoms with Gasteiger partial charge < -0.3 is 24.8 Å². The van der Waals surface area contributed by atoms with Crippen molar-refractivity contribution in [3.05, 3.63) is 29.3 Å². The molecule has 0 spiro atoms. The molecule has 1 aliphatic rings. The first-order valence-corrected chi connectivity index (χ1v) is 9.76. The van der Waals surface area contributed by atoms with Gasteiger partial charge in [0, 0.05) is 45.4 Å². The highest BCUT2D eigenvalue weighted by atomic mass is 127. The number of rotatable bonds is 10. The lowest BCUT2D eigenvalue weighted by molar-refractivity contribution is 0.0389. The zero-order chi connectivity index (χ0) is 19.3. The van der Waals surface area contributed by atoms with Crippen LogP contribution in [0.3, 0.4) is 0 Å². The molecule has 0 amide bonds. The first-order valence-electron chi connectivity index (χ1n) is 9.76. The van der Waals surface area contributed by atoms with E-state index in [2.05, 4.69) is 47.6 Å². The monoisotopic (exact) mass is 506 g/mol. The van der Waals surface area contributed by atoms with Gasteiger partial charge in [-0.3, -0.25) is 4.90 Å². The molecular formula is C20H35IN4O3. The average Bonchev–Trinajstić information content (AvgIpc) is 2.68. The van der Waals surface area contributed by atoms with Gasteiger partial charge in [-0.05, 0) is 25.5 Å². The number of methoxy groups -OCH3 is 1. The van der Waals surface area contributed by atoms with E-state index in [9.17, 15) is 0 Å². The number of morpholine rings is 1. The highest BCUT2D eigenvalue weighted by Crippen LogP contribution is 2.21. The van der Waals surface area contributed by atoms with E-state index in [0.717, 1.165) is 63.2 Å². The van der Waals surface area contributed by atoms with Gasteiger partial charge in [-0.15, -0.1) is 24.0 Å². The second-order valence-electron chi connectivity index (χ2n) is 6.53. The predicted octanol–water partition coefficient (Wildman–Crippen LogP) is 2.03.